The van der Waals surface area contributed by atoms with Crippen molar-refractivity contribution in [2.75, 3.05) is 11.9 Å². The molecule has 170 valence electrons. The summed E-state index contributed by atoms with van der Waals surface area (Å²) in [6, 6.07) is 22.8. The van der Waals surface area contributed by atoms with Crippen LogP contribution in [0.5, 0.6) is 5.75 Å². The van der Waals surface area contributed by atoms with Crippen LogP contribution in [0, 0.1) is 0 Å². The van der Waals surface area contributed by atoms with Crippen molar-refractivity contribution in [1.82, 2.24) is 20.2 Å². The number of benzene rings is 3. The van der Waals surface area contributed by atoms with Crippen LogP contribution >= 0.6 is 0 Å². The largest absolute Gasteiger partial charge is 0.494 e. The van der Waals surface area contributed by atoms with Crippen molar-refractivity contribution in [3.8, 4) is 22.8 Å². The second kappa shape index (κ2) is 9.19. The van der Waals surface area contributed by atoms with E-state index in [9.17, 15) is 4.79 Å². The zero-order chi connectivity index (χ0) is 23.5. The molecule has 0 spiro atoms. The van der Waals surface area contributed by atoms with E-state index in [1.54, 1.807) is 16.8 Å². The third-order valence-corrected chi connectivity index (χ3v) is 5.48. The summed E-state index contributed by atoms with van der Waals surface area (Å²) in [5.74, 6) is 1.12. The third kappa shape index (κ3) is 4.01. The van der Waals surface area contributed by atoms with Crippen LogP contribution in [0.2, 0.25) is 0 Å². The first kappa shape index (κ1) is 21.4. The zero-order valence-electron chi connectivity index (χ0n) is 18.9. The number of hydrogen-bond acceptors (Lipinski definition) is 6. The van der Waals surface area contributed by atoms with Gasteiger partial charge in [-0.15, -0.1) is 5.10 Å². The maximum absolute atomic E-state index is 13.0. The number of rotatable bonds is 7. The summed E-state index contributed by atoms with van der Waals surface area (Å²) >= 11 is 0. The van der Waals surface area contributed by atoms with Crippen LogP contribution in [0.3, 0.4) is 0 Å². The van der Waals surface area contributed by atoms with Crippen LogP contribution in [0.15, 0.2) is 77.3 Å². The average molecular weight is 454 g/mol. The lowest BCUT2D eigenvalue weighted by Crippen LogP contribution is -2.15. The average Bonchev–Trinajstić information content (AvgIpc) is 3.50. The first-order valence-corrected chi connectivity index (χ1v) is 11.1. The highest BCUT2D eigenvalue weighted by molar-refractivity contribution is 6.03. The molecule has 0 radical (unpaired) electrons. The molecule has 0 atom stereocenters. The fourth-order valence-electron chi connectivity index (χ4n) is 3.85. The van der Waals surface area contributed by atoms with Gasteiger partial charge in [-0.2, -0.15) is 0 Å². The van der Waals surface area contributed by atoms with Gasteiger partial charge in [0, 0.05) is 11.3 Å². The van der Waals surface area contributed by atoms with Crippen molar-refractivity contribution in [3.05, 3.63) is 84.2 Å². The van der Waals surface area contributed by atoms with Crippen LogP contribution < -0.4 is 10.1 Å². The first-order chi connectivity index (χ1) is 16.7. The lowest BCUT2D eigenvalue weighted by molar-refractivity contribution is 0.102. The Hall–Kier alpha value is -4.46. The van der Waals surface area contributed by atoms with Crippen molar-refractivity contribution >= 4 is 22.5 Å². The Morgan fingerprint density at radius 2 is 1.82 bits per heavy atom. The second-order valence-corrected chi connectivity index (χ2v) is 7.64. The number of ether oxygens (including phenoxy) is 1. The van der Waals surface area contributed by atoms with Gasteiger partial charge in [0.25, 0.3) is 5.91 Å². The number of hydrogen-bond donors (Lipinski definition) is 1. The number of amides is 1. The predicted molar refractivity (Wildman–Crippen MR) is 129 cm³/mol. The van der Waals surface area contributed by atoms with E-state index in [4.69, 9.17) is 9.26 Å². The smallest absolute Gasteiger partial charge is 0.278 e. The Labute approximate surface area is 196 Å². The van der Waals surface area contributed by atoms with Crippen LogP contribution in [0.25, 0.3) is 27.9 Å². The van der Waals surface area contributed by atoms with E-state index in [0.29, 0.717) is 30.2 Å². The number of carbonyl (C=O) groups is 1. The van der Waals surface area contributed by atoms with E-state index in [2.05, 4.69) is 20.8 Å². The lowest BCUT2D eigenvalue weighted by Gasteiger charge is -2.08. The molecule has 5 aromatic rings. The number of nitrogens with one attached hydrogen (secondary N) is 1. The van der Waals surface area contributed by atoms with E-state index in [1.165, 1.54) is 0 Å². The summed E-state index contributed by atoms with van der Waals surface area (Å²) in [7, 11) is 0. The molecule has 0 aliphatic carbocycles. The van der Waals surface area contributed by atoms with E-state index < -0.39 is 0 Å². The van der Waals surface area contributed by atoms with Gasteiger partial charge in [-0.05, 0) is 55.8 Å². The summed E-state index contributed by atoms with van der Waals surface area (Å²) < 4.78 is 12.8. The molecule has 0 aliphatic heterocycles. The maximum Gasteiger partial charge on any atom is 0.278 e. The number of nitrogens with zero attached hydrogens (tertiary/aromatic N) is 4. The summed E-state index contributed by atoms with van der Waals surface area (Å²) in [4.78, 5) is 13.0. The Morgan fingerprint density at radius 1 is 1.03 bits per heavy atom. The van der Waals surface area contributed by atoms with Crippen molar-refractivity contribution in [1.29, 1.82) is 0 Å². The molecule has 5 rings (SSSR count). The molecule has 1 N–H and O–H groups in total. The SMILES string of the molecule is CCOc1ccc(NC(=O)c2nnn(-c3ccc4noc(-c5ccccc5)c4c3)c2CC)cc1. The fraction of sp³-hybridized carbons (Fsp3) is 0.154. The molecule has 2 heterocycles. The number of carbonyl (C=O) groups excluding carboxylic acids is 1. The monoisotopic (exact) mass is 453 g/mol. The maximum atomic E-state index is 13.0. The van der Waals surface area contributed by atoms with E-state index in [0.717, 1.165) is 27.9 Å². The molecule has 34 heavy (non-hydrogen) atoms. The number of aromatic nitrogens is 4. The topological polar surface area (TPSA) is 95.1 Å². The Balaban J connectivity index is 1.46. The van der Waals surface area contributed by atoms with Crippen molar-refractivity contribution in [3.63, 3.8) is 0 Å². The van der Waals surface area contributed by atoms with Crippen LogP contribution in [0.1, 0.15) is 30.0 Å². The molecule has 1 amide bonds. The highest BCUT2D eigenvalue weighted by atomic mass is 16.5. The molecule has 0 saturated carbocycles. The van der Waals surface area contributed by atoms with Gasteiger partial charge in [-0.3, -0.25) is 4.79 Å². The third-order valence-electron chi connectivity index (χ3n) is 5.48. The van der Waals surface area contributed by atoms with Crippen LogP contribution in [-0.4, -0.2) is 32.7 Å². The minimum absolute atomic E-state index is 0.282. The normalized spacial score (nSPS) is 11.0. The van der Waals surface area contributed by atoms with Gasteiger partial charge in [-0.1, -0.05) is 47.6 Å². The van der Waals surface area contributed by atoms with Gasteiger partial charge in [0.1, 0.15) is 11.3 Å². The molecule has 8 heteroatoms. The van der Waals surface area contributed by atoms with Gasteiger partial charge < -0.3 is 14.6 Å². The first-order valence-electron chi connectivity index (χ1n) is 11.1. The molecule has 0 fully saturated rings. The van der Waals surface area contributed by atoms with Gasteiger partial charge in [0.2, 0.25) is 0 Å². The fourth-order valence-corrected chi connectivity index (χ4v) is 3.85. The zero-order valence-corrected chi connectivity index (χ0v) is 18.9. The highest BCUT2D eigenvalue weighted by Crippen LogP contribution is 2.30. The molecule has 0 unspecified atom stereocenters. The minimum atomic E-state index is -0.316. The predicted octanol–water partition coefficient (Wildman–Crippen LogP) is 5.29. The molecular formula is C26H23N5O3. The molecule has 2 aromatic heterocycles. The van der Waals surface area contributed by atoms with E-state index >= 15 is 0 Å². The summed E-state index contributed by atoms with van der Waals surface area (Å²) in [6.45, 7) is 4.48. The Kier molecular flexibility index (Phi) is 5.78. The van der Waals surface area contributed by atoms with Gasteiger partial charge >= 0.3 is 0 Å². The molecule has 0 saturated heterocycles. The van der Waals surface area contributed by atoms with Crippen molar-refractivity contribution < 1.29 is 14.1 Å². The minimum Gasteiger partial charge on any atom is -0.494 e. The summed E-state index contributed by atoms with van der Waals surface area (Å²) in [5.41, 5.74) is 4.10. The standard InChI is InChI=1S/C26H23N5O3/c1-3-23-24(26(32)27-18-10-13-20(14-11-18)33-4-2)28-30-31(23)19-12-15-22-21(16-19)25(34-29-22)17-8-6-5-7-9-17/h5-16H,3-4H2,1-2H3,(H,27,32). The molecule has 0 bridgehead atoms. The van der Waals surface area contributed by atoms with Crippen molar-refractivity contribution in [2.45, 2.75) is 20.3 Å². The molecule has 3 aromatic carbocycles. The van der Waals surface area contributed by atoms with Gasteiger partial charge in [0.05, 0.1) is 23.4 Å². The Morgan fingerprint density at radius 3 is 2.56 bits per heavy atom. The summed E-state index contributed by atoms with van der Waals surface area (Å²) in [5, 5.41) is 16.4. The van der Waals surface area contributed by atoms with Gasteiger partial charge in [0.15, 0.2) is 11.5 Å². The molecular weight excluding hydrogens is 430 g/mol. The van der Waals surface area contributed by atoms with Crippen LogP contribution in [0.4, 0.5) is 5.69 Å². The van der Waals surface area contributed by atoms with E-state index in [-0.39, 0.29) is 11.6 Å². The lowest BCUT2D eigenvalue weighted by atomic mass is 10.1. The molecule has 0 aliphatic rings. The van der Waals surface area contributed by atoms with E-state index in [1.807, 2.05) is 74.5 Å². The van der Waals surface area contributed by atoms with Gasteiger partial charge in [-0.25, -0.2) is 4.68 Å². The number of anilines is 1. The Bertz CT molecular complexity index is 1440. The van der Waals surface area contributed by atoms with Crippen LogP contribution in [-0.2, 0) is 6.42 Å². The second-order valence-electron chi connectivity index (χ2n) is 7.64. The quantitative estimate of drug-likeness (QED) is 0.360. The number of fused-ring (bicyclic) bond motifs is 1. The molecule has 8 nitrogen and oxygen atoms in total. The highest BCUT2D eigenvalue weighted by Gasteiger charge is 2.21. The summed E-state index contributed by atoms with van der Waals surface area (Å²) in [6.07, 6.45) is 0.576. The van der Waals surface area contributed by atoms with Crippen molar-refractivity contribution in [2.24, 2.45) is 0 Å².